The fraction of sp³-hybridized carbons (Fsp3) is 0.914. The highest BCUT2D eigenvalue weighted by molar-refractivity contribution is 5.76. The van der Waals surface area contributed by atoms with Gasteiger partial charge in [0.05, 0.1) is 25.4 Å². The maximum Gasteiger partial charge on any atom is 0.305 e. The Labute approximate surface area is 475 Å². The molecule has 0 saturated heterocycles. The summed E-state index contributed by atoms with van der Waals surface area (Å²) >= 11 is 0. The lowest BCUT2D eigenvalue weighted by Crippen LogP contribution is -2.45. The summed E-state index contributed by atoms with van der Waals surface area (Å²) in [5, 5.41) is 23.2. The van der Waals surface area contributed by atoms with Crippen molar-refractivity contribution >= 4 is 11.9 Å². The Morgan fingerprint density at radius 2 is 0.618 bits per heavy atom. The monoisotopic (exact) mass is 1070 g/mol. The van der Waals surface area contributed by atoms with Crippen LogP contribution in [-0.2, 0) is 14.3 Å². The van der Waals surface area contributed by atoms with E-state index in [1.807, 2.05) is 6.08 Å². The summed E-state index contributed by atoms with van der Waals surface area (Å²) in [6.45, 7) is 4.94. The van der Waals surface area contributed by atoms with Gasteiger partial charge in [0.15, 0.2) is 0 Å². The second-order valence-electron chi connectivity index (χ2n) is 23.9. The van der Waals surface area contributed by atoms with Gasteiger partial charge in [0, 0.05) is 12.8 Å². The number of esters is 1. The van der Waals surface area contributed by atoms with E-state index in [0.29, 0.717) is 19.4 Å². The number of amides is 1. The summed E-state index contributed by atoms with van der Waals surface area (Å²) in [6, 6.07) is -0.635. The molecule has 0 spiro atoms. The molecule has 2 atom stereocenters. The Hall–Kier alpha value is -1.66. The molecule has 6 heteroatoms. The van der Waals surface area contributed by atoms with Crippen molar-refractivity contribution in [3.63, 3.8) is 0 Å². The fourth-order valence-electron chi connectivity index (χ4n) is 10.9. The Morgan fingerprint density at radius 3 is 0.934 bits per heavy atom. The van der Waals surface area contributed by atoms with Gasteiger partial charge in [-0.3, -0.25) is 9.59 Å². The molecule has 0 heterocycles. The Bertz CT molecular complexity index is 1190. The van der Waals surface area contributed by atoms with Crippen molar-refractivity contribution in [3.05, 3.63) is 24.3 Å². The third-order valence-corrected chi connectivity index (χ3v) is 16.2. The van der Waals surface area contributed by atoms with Crippen molar-refractivity contribution in [2.75, 3.05) is 13.2 Å². The lowest BCUT2D eigenvalue weighted by atomic mass is 10.0. The minimum atomic E-state index is -0.851. The van der Waals surface area contributed by atoms with Gasteiger partial charge in [-0.25, -0.2) is 0 Å². The lowest BCUT2D eigenvalue weighted by molar-refractivity contribution is -0.143. The van der Waals surface area contributed by atoms with Crippen molar-refractivity contribution in [3.8, 4) is 0 Å². The van der Waals surface area contributed by atoms with Crippen LogP contribution in [0, 0.1) is 0 Å². The number of aliphatic hydroxyl groups is 2. The van der Waals surface area contributed by atoms with Gasteiger partial charge in [-0.15, -0.1) is 0 Å². The van der Waals surface area contributed by atoms with Crippen LogP contribution < -0.4 is 5.32 Å². The number of rotatable bonds is 65. The van der Waals surface area contributed by atoms with E-state index in [4.69, 9.17) is 4.74 Å². The van der Waals surface area contributed by atoms with Gasteiger partial charge in [-0.1, -0.05) is 340 Å². The maximum absolute atomic E-state index is 12.5. The van der Waals surface area contributed by atoms with E-state index in [2.05, 4.69) is 31.3 Å². The molecule has 3 N–H and O–H groups in total. The van der Waals surface area contributed by atoms with Crippen LogP contribution in [0.2, 0.25) is 0 Å². The molecule has 0 aromatic heterocycles. The first-order chi connectivity index (χ1) is 37.5. The standard InChI is InChI=1S/C70H135NO5/c1-3-5-7-9-11-13-15-17-19-21-23-24-27-30-34-38-42-46-50-54-58-62-68(73)67(66-72)71-69(74)63-59-55-51-47-43-39-35-31-28-25-26-29-33-37-41-45-49-53-57-61-65-76-70(75)64-60-56-52-48-44-40-36-32-22-20-18-16-14-12-10-8-6-4-2/h25,28,58,62,67-68,72-73H,3-24,26-27,29-57,59-61,63-66H2,1-2H3,(H,71,74)/b28-25-,62-58+. The Kier molecular flexibility index (Phi) is 64.4. The van der Waals surface area contributed by atoms with Crippen molar-refractivity contribution in [2.45, 2.75) is 398 Å². The summed E-state index contributed by atoms with van der Waals surface area (Å²) in [5.74, 6) is -0.0620. The van der Waals surface area contributed by atoms with Gasteiger partial charge < -0.3 is 20.3 Å². The summed E-state index contributed by atoms with van der Waals surface area (Å²) < 4.78 is 5.50. The highest BCUT2D eigenvalue weighted by atomic mass is 16.5. The quantitative estimate of drug-likeness (QED) is 0.0320. The first-order valence-corrected chi connectivity index (χ1v) is 34.6. The molecule has 2 unspecified atom stereocenters. The van der Waals surface area contributed by atoms with E-state index in [9.17, 15) is 19.8 Å². The molecule has 0 saturated carbocycles. The lowest BCUT2D eigenvalue weighted by Gasteiger charge is -2.20. The number of ether oxygens (including phenoxy) is 1. The molecular weight excluding hydrogens is 935 g/mol. The predicted octanol–water partition coefficient (Wildman–Crippen LogP) is 22.1. The number of carbonyl (C=O) groups is 2. The van der Waals surface area contributed by atoms with Crippen molar-refractivity contribution < 1.29 is 24.5 Å². The van der Waals surface area contributed by atoms with E-state index in [0.717, 1.165) is 44.9 Å². The van der Waals surface area contributed by atoms with Gasteiger partial charge in [-0.2, -0.15) is 0 Å². The molecule has 1 amide bonds. The maximum atomic E-state index is 12.5. The summed E-state index contributed by atoms with van der Waals surface area (Å²) in [6.07, 6.45) is 82.4. The van der Waals surface area contributed by atoms with Crippen LogP contribution in [0.3, 0.4) is 0 Å². The first-order valence-electron chi connectivity index (χ1n) is 34.6. The normalized spacial score (nSPS) is 12.6. The minimum absolute atomic E-state index is 0.0108. The van der Waals surface area contributed by atoms with E-state index < -0.39 is 12.1 Å². The highest BCUT2D eigenvalue weighted by Crippen LogP contribution is 2.18. The molecule has 0 aliphatic carbocycles. The number of unbranched alkanes of at least 4 members (excludes halogenated alkanes) is 52. The Balaban J connectivity index is 3.43. The zero-order chi connectivity index (χ0) is 55.0. The van der Waals surface area contributed by atoms with Crippen molar-refractivity contribution in [2.24, 2.45) is 0 Å². The summed E-state index contributed by atoms with van der Waals surface area (Å²) in [4.78, 5) is 24.6. The predicted molar refractivity (Wildman–Crippen MR) is 333 cm³/mol. The molecule has 450 valence electrons. The van der Waals surface area contributed by atoms with Crippen LogP contribution in [-0.4, -0.2) is 47.4 Å². The van der Waals surface area contributed by atoms with Gasteiger partial charge in [0.25, 0.3) is 0 Å². The molecule has 0 aromatic rings. The van der Waals surface area contributed by atoms with Crippen LogP contribution in [0.4, 0.5) is 0 Å². The second-order valence-corrected chi connectivity index (χ2v) is 23.9. The molecular formula is C70H135NO5. The highest BCUT2D eigenvalue weighted by Gasteiger charge is 2.18. The molecule has 0 radical (unpaired) electrons. The van der Waals surface area contributed by atoms with Crippen LogP contribution in [0.25, 0.3) is 0 Å². The minimum Gasteiger partial charge on any atom is -0.466 e. The largest absolute Gasteiger partial charge is 0.466 e. The zero-order valence-corrected chi connectivity index (χ0v) is 51.5. The number of aliphatic hydroxyl groups excluding tert-OH is 2. The third kappa shape index (κ3) is 61.6. The average molecular weight is 1070 g/mol. The fourth-order valence-corrected chi connectivity index (χ4v) is 10.9. The number of hydrogen-bond donors (Lipinski definition) is 3. The first kappa shape index (κ1) is 74.3. The van der Waals surface area contributed by atoms with Gasteiger partial charge in [0.2, 0.25) is 5.91 Å². The second kappa shape index (κ2) is 65.9. The van der Waals surface area contributed by atoms with Gasteiger partial charge in [0.1, 0.15) is 0 Å². The number of nitrogens with one attached hydrogen (secondary N) is 1. The molecule has 6 nitrogen and oxygen atoms in total. The number of allylic oxidation sites excluding steroid dienone is 3. The SMILES string of the molecule is CCCCCCCCCCCCCCCCCCCCC/C=C/C(O)C(CO)NC(=O)CCCCCCCCC/C=C\CCCCCCCCCCCOC(=O)CCCCCCCCCCCCCCCCCCCC. The topological polar surface area (TPSA) is 95.9 Å². The van der Waals surface area contributed by atoms with Crippen LogP contribution in [0.5, 0.6) is 0 Å². The van der Waals surface area contributed by atoms with Crippen LogP contribution >= 0.6 is 0 Å². The summed E-state index contributed by atoms with van der Waals surface area (Å²) in [5.41, 5.74) is 0. The van der Waals surface area contributed by atoms with E-state index in [1.54, 1.807) is 6.08 Å². The molecule has 0 aromatic carbocycles. The van der Waals surface area contributed by atoms with E-state index >= 15 is 0 Å². The molecule has 0 aliphatic rings. The van der Waals surface area contributed by atoms with E-state index in [-0.39, 0.29) is 18.5 Å². The molecule has 0 fully saturated rings. The van der Waals surface area contributed by atoms with Crippen LogP contribution in [0.1, 0.15) is 386 Å². The Morgan fingerprint density at radius 1 is 0.355 bits per heavy atom. The third-order valence-electron chi connectivity index (χ3n) is 16.2. The smallest absolute Gasteiger partial charge is 0.305 e. The number of carbonyl (C=O) groups excluding carboxylic acids is 2. The zero-order valence-electron chi connectivity index (χ0n) is 51.5. The van der Waals surface area contributed by atoms with Crippen molar-refractivity contribution in [1.29, 1.82) is 0 Å². The number of hydrogen-bond acceptors (Lipinski definition) is 5. The molecule has 76 heavy (non-hydrogen) atoms. The van der Waals surface area contributed by atoms with Crippen molar-refractivity contribution in [1.82, 2.24) is 5.32 Å². The van der Waals surface area contributed by atoms with E-state index in [1.165, 1.54) is 315 Å². The molecule has 0 bridgehead atoms. The van der Waals surface area contributed by atoms with Crippen LogP contribution in [0.15, 0.2) is 24.3 Å². The molecule has 0 aliphatic heterocycles. The molecule has 0 rings (SSSR count). The average Bonchev–Trinajstić information content (AvgIpc) is 3.42. The summed E-state index contributed by atoms with van der Waals surface area (Å²) in [7, 11) is 0. The van der Waals surface area contributed by atoms with Gasteiger partial charge in [-0.05, 0) is 57.8 Å². The van der Waals surface area contributed by atoms with Gasteiger partial charge >= 0.3 is 5.97 Å².